The van der Waals surface area contributed by atoms with Gasteiger partial charge < -0.3 is 0 Å². The topological polar surface area (TPSA) is 60.9 Å². The zero-order valence-corrected chi connectivity index (χ0v) is 12.7. The van der Waals surface area contributed by atoms with Crippen molar-refractivity contribution < 1.29 is 4.39 Å². The van der Waals surface area contributed by atoms with E-state index >= 15 is 0 Å². The Morgan fingerprint density at radius 1 is 1.32 bits per heavy atom. The Morgan fingerprint density at radius 2 is 2.14 bits per heavy atom. The molecule has 22 heavy (non-hydrogen) atoms. The van der Waals surface area contributed by atoms with Gasteiger partial charge in [0.05, 0.1) is 16.9 Å². The van der Waals surface area contributed by atoms with E-state index in [1.807, 2.05) is 19.9 Å². The summed E-state index contributed by atoms with van der Waals surface area (Å²) >= 11 is 5.97. The van der Waals surface area contributed by atoms with Gasteiger partial charge in [-0.05, 0) is 32.0 Å². The SMILES string of the molecule is Cc1cc(C)n(-c2nncn2/N=C\c2c(F)cccc2Cl)n1. The van der Waals surface area contributed by atoms with Gasteiger partial charge in [0.15, 0.2) is 0 Å². The van der Waals surface area contributed by atoms with Gasteiger partial charge in [-0.1, -0.05) is 17.7 Å². The molecule has 8 heteroatoms. The van der Waals surface area contributed by atoms with Crippen LogP contribution in [-0.2, 0) is 0 Å². The monoisotopic (exact) mass is 318 g/mol. The third-order valence-corrected chi connectivity index (χ3v) is 3.35. The average Bonchev–Trinajstić information content (AvgIpc) is 3.04. The van der Waals surface area contributed by atoms with Gasteiger partial charge in [-0.3, -0.25) is 0 Å². The molecule has 3 aromatic rings. The second-order valence-corrected chi connectivity index (χ2v) is 5.10. The molecular formula is C14H12ClFN6. The summed E-state index contributed by atoms with van der Waals surface area (Å²) < 4.78 is 16.8. The fraction of sp³-hybridized carbons (Fsp3) is 0.143. The van der Waals surface area contributed by atoms with Crippen molar-refractivity contribution in [3.8, 4) is 5.95 Å². The fourth-order valence-electron chi connectivity index (χ4n) is 2.03. The molecule has 0 N–H and O–H groups in total. The van der Waals surface area contributed by atoms with Gasteiger partial charge in [0.2, 0.25) is 0 Å². The van der Waals surface area contributed by atoms with Crippen LogP contribution in [0.2, 0.25) is 5.02 Å². The van der Waals surface area contributed by atoms with Crippen molar-refractivity contribution in [1.82, 2.24) is 24.7 Å². The predicted octanol–water partition coefficient (Wildman–Crippen LogP) is 2.76. The summed E-state index contributed by atoms with van der Waals surface area (Å²) in [5.41, 5.74) is 1.95. The summed E-state index contributed by atoms with van der Waals surface area (Å²) in [6, 6.07) is 6.37. The highest BCUT2D eigenvalue weighted by molar-refractivity contribution is 6.33. The van der Waals surface area contributed by atoms with Gasteiger partial charge in [0.25, 0.3) is 5.95 Å². The lowest BCUT2D eigenvalue weighted by Crippen LogP contribution is -2.06. The zero-order chi connectivity index (χ0) is 15.7. The fourth-order valence-corrected chi connectivity index (χ4v) is 2.24. The van der Waals surface area contributed by atoms with Gasteiger partial charge in [-0.15, -0.1) is 10.2 Å². The molecule has 0 aliphatic rings. The maximum Gasteiger partial charge on any atom is 0.273 e. The standard InChI is InChI=1S/C14H12ClFN6/c1-9-6-10(2)22(20-9)14-19-17-8-21(14)18-7-11-12(15)4-3-5-13(11)16/h3-8H,1-2H3/b18-7-. The van der Waals surface area contributed by atoms with Crippen LogP contribution < -0.4 is 0 Å². The molecular weight excluding hydrogens is 307 g/mol. The molecule has 2 heterocycles. The second kappa shape index (κ2) is 5.69. The van der Waals surface area contributed by atoms with Crippen molar-refractivity contribution in [1.29, 1.82) is 0 Å². The van der Waals surface area contributed by atoms with E-state index < -0.39 is 5.82 Å². The van der Waals surface area contributed by atoms with Crippen molar-refractivity contribution in [2.75, 3.05) is 0 Å². The van der Waals surface area contributed by atoms with Crippen LogP contribution in [0.25, 0.3) is 5.95 Å². The Hall–Kier alpha value is -2.54. The number of halogens is 2. The highest BCUT2D eigenvalue weighted by Gasteiger charge is 2.11. The summed E-state index contributed by atoms with van der Waals surface area (Å²) in [5.74, 6) is -0.0358. The van der Waals surface area contributed by atoms with E-state index in [9.17, 15) is 4.39 Å². The number of hydrogen-bond acceptors (Lipinski definition) is 4. The third-order valence-electron chi connectivity index (χ3n) is 3.02. The van der Waals surface area contributed by atoms with Gasteiger partial charge >= 0.3 is 0 Å². The summed E-state index contributed by atoms with van der Waals surface area (Å²) in [7, 11) is 0. The van der Waals surface area contributed by atoms with Crippen molar-refractivity contribution in [3.05, 3.63) is 58.4 Å². The summed E-state index contributed by atoms with van der Waals surface area (Å²) in [4.78, 5) is 0. The van der Waals surface area contributed by atoms with Gasteiger partial charge in [0.1, 0.15) is 12.1 Å². The molecule has 2 aromatic heterocycles. The first-order valence-electron chi connectivity index (χ1n) is 6.48. The number of aromatic nitrogens is 5. The Bertz CT molecular complexity index is 831. The minimum atomic E-state index is -0.447. The lowest BCUT2D eigenvalue weighted by Gasteiger charge is -2.03. The van der Waals surface area contributed by atoms with Crippen LogP contribution in [0, 0.1) is 19.7 Å². The van der Waals surface area contributed by atoms with Crippen LogP contribution in [0.5, 0.6) is 0 Å². The smallest absolute Gasteiger partial charge is 0.206 e. The molecule has 0 saturated carbocycles. The van der Waals surface area contributed by atoms with E-state index in [1.54, 1.807) is 10.7 Å². The van der Waals surface area contributed by atoms with E-state index in [0.717, 1.165) is 11.4 Å². The van der Waals surface area contributed by atoms with E-state index in [0.29, 0.717) is 5.95 Å². The number of rotatable bonds is 3. The lowest BCUT2D eigenvalue weighted by atomic mass is 10.2. The van der Waals surface area contributed by atoms with Crippen molar-refractivity contribution in [3.63, 3.8) is 0 Å². The number of benzene rings is 1. The molecule has 0 aliphatic carbocycles. The molecule has 0 atom stereocenters. The molecule has 0 fully saturated rings. The molecule has 0 radical (unpaired) electrons. The minimum Gasteiger partial charge on any atom is -0.206 e. The predicted molar refractivity (Wildman–Crippen MR) is 81.0 cm³/mol. The van der Waals surface area contributed by atoms with Crippen LogP contribution in [0.3, 0.4) is 0 Å². The van der Waals surface area contributed by atoms with Gasteiger partial charge in [0, 0.05) is 11.3 Å². The van der Waals surface area contributed by atoms with E-state index in [1.165, 1.54) is 29.4 Å². The van der Waals surface area contributed by atoms with E-state index in [-0.39, 0.29) is 10.6 Å². The van der Waals surface area contributed by atoms with Crippen LogP contribution in [0.1, 0.15) is 17.0 Å². The Labute approximate surface area is 130 Å². The molecule has 0 amide bonds. The minimum absolute atomic E-state index is 0.206. The maximum absolute atomic E-state index is 13.7. The van der Waals surface area contributed by atoms with Gasteiger partial charge in [-0.25, -0.2) is 9.07 Å². The van der Waals surface area contributed by atoms with Crippen molar-refractivity contribution in [2.45, 2.75) is 13.8 Å². The normalized spacial score (nSPS) is 11.5. The molecule has 0 unspecified atom stereocenters. The Morgan fingerprint density at radius 3 is 2.82 bits per heavy atom. The highest BCUT2D eigenvalue weighted by atomic mass is 35.5. The van der Waals surface area contributed by atoms with Crippen LogP contribution in [0.15, 0.2) is 35.7 Å². The summed E-state index contributed by atoms with van der Waals surface area (Å²) in [6.45, 7) is 3.78. The van der Waals surface area contributed by atoms with Crippen LogP contribution >= 0.6 is 11.6 Å². The number of aryl methyl sites for hydroxylation is 2. The number of nitrogens with zero attached hydrogens (tertiary/aromatic N) is 6. The van der Waals surface area contributed by atoms with E-state index in [4.69, 9.17) is 11.6 Å². The molecule has 0 spiro atoms. The Balaban J connectivity index is 2.00. The van der Waals surface area contributed by atoms with Crippen LogP contribution in [-0.4, -0.2) is 30.9 Å². The molecule has 1 aromatic carbocycles. The number of hydrogen-bond donors (Lipinski definition) is 0. The Kier molecular flexibility index (Phi) is 3.72. The largest absolute Gasteiger partial charge is 0.273 e. The maximum atomic E-state index is 13.7. The first kappa shape index (κ1) is 14.4. The molecule has 6 nitrogen and oxygen atoms in total. The first-order valence-corrected chi connectivity index (χ1v) is 6.86. The summed E-state index contributed by atoms with van der Waals surface area (Å²) in [5, 5.41) is 16.6. The quantitative estimate of drug-likeness (QED) is 0.698. The molecule has 0 bridgehead atoms. The molecule has 3 rings (SSSR count). The molecule has 0 saturated heterocycles. The first-order chi connectivity index (χ1) is 10.6. The average molecular weight is 319 g/mol. The van der Waals surface area contributed by atoms with E-state index in [2.05, 4.69) is 20.4 Å². The summed E-state index contributed by atoms with van der Waals surface area (Å²) in [6.07, 6.45) is 2.74. The van der Waals surface area contributed by atoms with Crippen molar-refractivity contribution in [2.24, 2.45) is 5.10 Å². The van der Waals surface area contributed by atoms with Crippen LogP contribution in [0.4, 0.5) is 4.39 Å². The molecule has 0 aliphatic heterocycles. The second-order valence-electron chi connectivity index (χ2n) is 4.69. The van der Waals surface area contributed by atoms with Crippen molar-refractivity contribution >= 4 is 17.8 Å². The third kappa shape index (κ3) is 2.62. The highest BCUT2D eigenvalue weighted by Crippen LogP contribution is 2.17. The zero-order valence-electron chi connectivity index (χ0n) is 11.9. The molecule has 112 valence electrons. The lowest BCUT2D eigenvalue weighted by molar-refractivity contribution is 0.625. The van der Waals surface area contributed by atoms with Gasteiger partial charge in [-0.2, -0.15) is 14.9 Å².